The number of carbonyl (C=O) groups excluding carboxylic acids is 1. The topological polar surface area (TPSA) is 44.1 Å². The van der Waals surface area contributed by atoms with Crippen LogP contribution in [0.2, 0.25) is 0 Å². The molecule has 1 saturated carbocycles. The van der Waals surface area contributed by atoms with E-state index in [-0.39, 0.29) is 12.3 Å². The summed E-state index contributed by atoms with van der Waals surface area (Å²) in [5, 5.41) is 3.51. The zero-order valence-electron chi connectivity index (χ0n) is 11.2. The molecule has 1 fully saturated rings. The number of rotatable bonds is 5. The molecule has 0 N–H and O–H groups in total. The first kappa shape index (κ1) is 14.9. The highest BCUT2D eigenvalue weighted by Crippen LogP contribution is 2.31. The summed E-state index contributed by atoms with van der Waals surface area (Å²) in [4.78, 5) is 11.7. The molecule has 1 aliphatic carbocycles. The van der Waals surface area contributed by atoms with Crippen LogP contribution in [-0.2, 0) is 17.5 Å². The van der Waals surface area contributed by atoms with Gasteiger partial charge in [0.25, 0.3) is 0 Å². The lowest BCUT2D eigenvalue weighted by atomic mass is 9.83. The minimum atomic E-state index is -4.55. The zero-order valence-corrected chi connectivity index (χ0v) is 11.2. The van der Waals surface area contributed by atoms with E-state index in [0.29, 0.717) is 12.5 Å². The first-order valence-electron chi connectivity index (χ1n) is 6.74. The number of alkyl halides is 3. The Morgan fingerprint density at radius 3 is 2.70 bits per heavy atom. The van der Waals surface area contributed by atoms with Gasteiger partial charge in [-0.05, 0) is 19.3 Å². The lowest BCUT2D eigenvalue weighted by Crippen LogP contribution is -2.18. The maximum atomic E-state index is 12.7. The molecule has 0 amide bonds. The standard InChI is InChI=1S/C13H17F3N2O2/c1-2-20-12(19)10-8-11(13(14,15)16)17-18(10)7-6-9-4-3-5-9/h8-9H,2-7H2,1H3. The van der Waals surface area contributed by atoms with Gasteiger partial charge < -0.3 is 4.74 Å². The second kappa shape index (κ2) is 5.85. The van der Waals surface area contributed by atoms with Crippen LogP contribution >= 0.6 is 0 Å². The zero-order chi connectivity index (χ0) is 14.8. The van der Waals surface area contributed by atoms with Gasteiger partial charge in [-0.2, -0.15) is 18.3 Å². The van der Waals surface area contributed by atoms with E-state index in [0.717, 1.165) is 30.0 Å². The molecule has 0 bridgehead atoms. The van der Waals surface area contributed by atoms with Gasteiger partial charge in [-0.1, -0.05) is 19.3 Å². The van der Waals surface area contributed by atoms with E-state index in [9.17, 15) is 18.0 Å². The Morgan fingerprint density at radius 1 is 1.50 bits per heavy atom. The molecule has 0 aliphatic heterocycles. The van der Waals surface area contributed by atoms with Gasteiger partial charge in [-0.15, -0.1) is 0 Å². The molecule has 1 aliphatic rings. The molecule has 4 nitrogen and oxygen atoms in total. The molecule has 2 rings (SSSR count). The Balaban J connectivity index is 2.16. The van der Waals surface area contributed by atoms with Gasteiger partial charge >= 0.3 is 12.1 Å². The molecule has 20 heavy (non-hydrogen) atoms. The van der Waals surface area contributed by atoms with E-state index in [2.05, 4.69) is 5.10 Å². The Kier molecular flexibility index (Phi) is 4.35. The fraction of sp³-hybridized carbons (Fsp3) is 0.692. The van der Waals surface area contributed by atoms with Crippen molar-refractivity contribution in [2.45, 2.75) is 45.3 Å². The highest BCUT2D eigenvalue weighted by Gasteiger charge is 2.36. The molecular weight excluding hydrogens is 273 g/mol. The van der Waals surface area contributed by atoms with Crippen LogP contribution in [0.5, 0.6) is 0 Å². The number of ether oxygens (including phenoxy) is 1. The van der Waals surface area contributed by atoms with E-state index in [1.165, 1.54) is 6.42 Å². The predicted molar refractivity (Wildman–Crippen MR) is 65.1 cm³/mol. The fourth-order valence-electron chi connectivity index (χ4n) is 2.18. The highest BCUT2D eigenvalue weighted by atomic mass is 19.4. The van der Waals surface area contributed by atoms with Crippen molar-refractivity contribution in [1.29, 1.82) is 0 Å². The van der Waals surface area contributed by atoms with Crippen molar-refractivity contribution in [1.82, 2.24) is 9.78 Å². The van der Waals surface area contributed by atoms with Crippen molar-refractivity contribution >= 4 is 5.97 Å². The van der Waals surface area contributed by atoms with Gasteiger partial charge in [0.15, 0.2) is 5.69 Å². The number of aryl methyl sites for hydroxylation is 1. The SMILES string of the molecule is CCOC(=O)c1cc(C(F)(F)F)nn1CCC1CCC1. The molecule has 7 heteroatoms. The van der Waals surface area contributed by atoms with Crippen LogP contribution in [0.25, 0.3) is 0 Å². The average Bonchev–Trinajstić information content (AvgIpc) is 2.71. The summed E-state index contributed by atoms with van der Waals surface area (Å²) in [5.74, 6) is -0.229. The van der Waals surface area contributed by atoms with E-state index in [1.807, 2.05) is 0 Å². The third kappa shape index (κ3) is 3.32. The van der Waals surface area contributed by atoms with Crippen molar-refractivity contribution < 1.29 is 22.7 Å². The van der Waals surface area contributed by atoms with Gasteiger partial charge in [0.05, 0.1) is 6.61 Å². The minimum absolute atomic E-state index is 0.119. The van der Waals surface area contributed by atoms with Crippen LogP contribution < -0.4 is 0 Å². The Labute approximate surface area is 114 Å². The molecular formula is C13H17F3N2O2. The molecule has 0 saturated heterocycles. The van der Waals surface area contributed by atoms with E-state index in [1.54, 1.807) is 6.92 Å². The summed E-state index contributed by atoms with van der Waals surface area (Å²) in [6.45, 7) is 2.04. The second-order valence-electron chi connectivity index (χ2n) is 4.94. The van der Waals surface area contributed by atoms with Gasteiger partial charge in [0.1, 0.15) is 5.69 Å². The number of halogens is 3. The number of esters is 1. The number of carbonyl (C=O) groups is 1. The lowest BCUT2D eigenvalue weighted by molar-refractivity contribution is -0.141. The summed E-state index contributed by atoms with van der Waals surface area (Å²) in [6, 6.07) is 0.763. The Hall–Kier alpha value is -1.53. The van der Waals surface area contributed by atoms with Crippen LogP contribution in [0.4, 0.5) is 13.2 Å². The summed E-state index contributed by atoms with van der Waals surface area (Å²) in [5.41, 5.74) is -1.17. The van der Waals surface area contributed by atoms with Crippen LogP contribution in [0.3, 0.4) is 0 Å². The molecule has 0 spiro atoms. The first-order chi connectivity index (χ1) is 9.41. The molecule has 0 atom stereocenters. The van der Waals surface area contributed by atoms with E-state index >= 15 is 0 Å². The van der Waals surface area contributed by atoms with Gasteiger partial charge in [0.2, 0.25) is 0 Å². The number of aromatic nitrogens is 2. The van der Waals surface area contributed by atoms with Gasteiger partial charge in [0, 0.05) is 12.6 Å². The van der Waals surface area contributed by atoms with Crippen molar-refractivity contribution in [2.24, 2.45) is 5.92 Å². The summed E-state index contributed by atoms with van der Waals surface area (Å²) in [6.07, 6.45) is -0.444. The van der Waals surface area contributed by atoms with E-state index < -0.39 is 17.8 Å². The molecule has 1 aromatic heterocycles. The van der Waals surface area contributed by atoms with Crippen molar-refractivity contribution in [2.75, 3.05) is 6.61 Å². The first-order valence-corrected chi connectivity index (χ1v) is 6.74. The van der Waals surface area contributed by atoms with Crippen LogP contribution in [-0.4, -0.2) is 22.4 Å². The monoisotopic (exact) mass is 290 g/mol. The number of hydrogen-bond acceptors (Lipinski definition) is 3. The molecule has 1 aromatic rings. The Bertz CT molecular complexity index is 478. The Morgan fingerprint density at radius 2 is 2.20 bits per heavy atom. The largest absolute Gasteiger partial charge is 0.461 e. The summed E-state index contributed by atoms with van der Waals surface area (Å²) >= 11 is 0. The summed E-state index contributed by atoms with van der Waals surface area (Å²) < 4.78 is 43.9. The molecule has 112 valence electrons. The molecule has 0 radical (unpaired) electrons. The van der Waals surface area contributed by atoms with Crippen LogP contribution in [0.15, 0.2) is 6.07 Å². The van der Waals surface area contributed by atoms with Crippen LogP contribution in [0.1, 0.15) is 48.8 Å². The van der Waals surface area contributed by atoms with Gasteiger partial charge in [-0.25, -0.2) is 4.79 Å². The maximum absolute atomic E-state index is 12.7. The third-order valence-corrected chi connectivity index (χ3v) is 3.53. The summed E-state index contributed by atoms with van der Waals surface area (Å²) in [7, 11) is 0. The second-order valence-corrected chi connectivity index (χ2v) is 4.94. The highest BCUT2D eigenvalue weighted by molar-refractivity contribution is 5.87. The number of nitrogens with zero attached hydrogens (tertiary/aromatic N) is 2. The predicted octanol–water partition coefficient (Wildman–Crippen LogP) is 3.27. The van der Waals surface area contributed by atoms with Crippen molar-refractivity contribution in [3.63, 3.8) is 0 Å². The average molecular weight is 290 g/mol. The molecule has 0 aromatic carbocycles. The molecule has 0 unspecified atom stereocenters. The smallest absolute Gasteiger partial charge is 0.435 e. The van der Waals surface area contributed by atoms with Crippen molar-refractivity contribution in [3.8, 4) is 0 Å². The number of hydrogen-bond donors (Lipinski definition) is 0. The third-order valence-electron chi connectivity index (χ3n) is 3.53. The van der Waals surface area contributed by atoms with Crippen LogP contribution in [0, 0.1) is 5.92 Å². The van der Waals surface area contributed by atoms with Crippen molar-refractivity contribution in [3.05, 3.63) is 17.5 Å². The van der Waals surface area contributed by atoms with Gasteiger partial charge in [-0.3, -0.25) is 4.68 Å². The lowest BCUT2D eigenvalue weighted by Gasteiger charge is -2.25. The fourth-order valence-corrected chi connectivity index (χ4v) is 2.18. The van der Waals surface area contributed by atoms with E-state index in [4.69, 9.17) is 4.74 Å². The normalized spacial score (nSPS) is 16.0. The minimum Gasteiger partial charge on any atom is -0.461 e. The quantitative estimate of drug-likeness (QED) is 0.782. The maximum Gasteiger partial charge on any atom is 0.435 e. The molecule has 1 heterocycles.